The summed E-state index contributed by atoms with van der Waals surface area (Å²) >= 11 is -2.25. The van der Waals surface area contributed by atoms with Crippen LogP contribution in [0.1, 0.15) is 0 Å². The van der Waals surface area contributed by atoms with E-state index in [0.29, 0.717) is 0 Å². The molecule has 1 unspecified atom stereocenters. The Kier molecular flexibility index (Phi) is 8.23. The second kappa shape index (κ2) is 6.71. The second-order valence-electron chi connectivity index (χ2n) is 1.69. The predicted molar refractivity (Wildman–Crippen MR) is 37.2 cm³/mol. The van der Waals surface area contributed by atoms with E-state index >= 15 is 0 Å². The van der Waals surface area contributed by atoms with Crippen LogP contribution in [-0.2, 0) is 11.1 Å². The van der Waals surface area contributed by atoms with E-state index in [4.69, 9.17) is 0 Å². The van der Waals surface area contributed by atoms with Crippen LogP contribution in [0.5, 0.6) is 0 Å². The molecule has 12 heavy (non-hydrogen) atoms. The summed E-state index contributed by atoms with van der Waals surface area (Å²) in [6.07, 6.45) is 0. The summed E-state index contributed by atoms with van der Waals surface area (Å²) in [4.78, 5) is 0.0985. The van der Waals surface area contributed by atoms with Gasteiger partial charge in [-0.25, -0.2) is 4.39 Å². The van der Waals surface area contributed by atoms with Crippen LogP contribution in [-0.4, -0.2) is 14.2 Å². The standard InChI is InChI=1S/C6H5FO2S.Na.H2O/c7-5-1-3-6(4-2-5)10(8)9;;/h1-4H,(H,8,9);;1H2/q;+1;/p-1. The Morgan fingerprint density at radius 2 is 1.67 bits per heavy atom. The van der Waals surface area contributed by atoms with Crippen LogP contribution in [0.3, 0.4) is 0 Å². The molecular weight excluding hydrogens is 194 g/mol. The molecular formula is C6H6FNaO3S. The van der Waals surface area contributed by atoms with Crippen LogP contribution in [0.15, 0.2) is 29.2 Å². The van der Waals surface area contributed by atoms with Gasteiger partial charge in [-0.3, -0.25) is 4.21 Å². The van der Waals surface area contributed by atoms with Gasteiger partial charge in [-0.15, -0.1) is 0 Å². The van der Waals surface area contributed by atoms with Gasteiger partial charge in [0.15, 0.2) is 0 Å². The molecule has 0 radical (unpaired) electrons. The predicted octanol–water partition coefficient (Wildman–Crippen LogP) is -2.76. The molecule has 0 aromatic heterocycles. The largest absolute Gasteiger partial charge is 1.00 e. The zero-order chi connectivity index (χ0) is 7.56. The summed E-state index contributed by atoms with van der Waals surface area (Å²) in [6.45, 7) is 0. The fourth-order valence-electron chi connectivity index (χ4n) is 0.546. The first-order valence-electron chi connectivity index (χ1n) is 2.55. The van der Waals surface area contributed by atoms with Crippen molar-refractivity contribution in [3.05, 3.63) is 30.1 Å². The molecule has 0 aliphatic heterocycles. The van der Waals surface area contributed by atoms with Crippen molar-refractivity contribution in [2.75, 3.05) is 0 Å². The van der Waals surface area contributed by atoms with Crippen molar-refractivity contribution in [1.29, 1.82) is 0 Å². The smallest absolute Gasteiger partial charge is 0.768 e. The van der Waals surface area contributed by atoms with Crippen LogP contribution < -0.4 is 29.6 Å². The molecule has 1 aromatic rings. The minimum absolute atomic E-state index is 0. The Morgan fingerprint density at radius 3 is 2.00 bits per heavy atom. The SMILES string of the molecule is O.O=S([O-])c1ccc(F)cc1.[Na+]. The van der Waals surface area contributed by atoms with Crippen molar-refractivity contribution in [2.24, 2.45) is 0 Å². The number of rotatable bonds is 1. The number of hydrogen-bond acceptors (Lipinski definition) is 2. The number of halogens is 1. The average Bonchev–Trinajstić information content (AvgIpc) is 1.88. The fourth-order valence-corrected chi connectivity index (χ4v) is 0.904. The van der Waals surface area contributed by atoms with Gasteiger partial charge in [0.1, 0.15) is 5.82 Å². The van der Waals surface area contributed by atoms with E-state index in [-0.39, 0.29) is 39.9 Å². The Labute approximate surface area is 93.9 Å². The van der Waals surface area contributed by atoms with E-state index in [1.165, 1.54) is 12.1 Å². The van der Waals surface area contributed by atoms with Gasteiger partial charge in [0.2, 0.25) is 0 Å². The zero-order valence-corrected chi connectivity index (χ0v) is 9.23. The first-order valence-corrected chi connectivity index (χ1v) is 3.62. The van der Waals surface area contributed by atoms with Crippen molar-refractivity contribution in [1.82, 2.24) is 0 Å². The minimum atomic E-state index is -2.25. The third-order valence-electron chi connectivity index (χ3n) is 1.01. The van der Waals surface area contributed by atoms with Gasteiger partial charge >= 0.3 is 29.6 Å². The molecule has 1 atom stereocenters. The number of benzene rings is 1. The van der Waals surface area contributed by atoms with E-state index in [0.717, 1.165) is 12.1 Å². The third-order valence-corrected chi connectivity index (χ3v) is 1.66. The molecule has 0 saturated carbocycles. The van der Waals surface area contributed by atoms with Gasteiger partial charge in [0.25, 0.3) is 0 Å². The van der Waals surface area contributed by atoms with E-state index in [1.807, 2.05) is 0 Å². The van der Waals surface area contributed by atoms with Gasteiger partial charge in [0, 0.05) is 4.90 Å². The molecule has 1 rings (SSSR count). The molecule has 2 N–H and O–H groups in total. The van der Waals surface area contributed by atoms with E-state index < -0.39 is 16.9 Å². The maximum atomic E-state index is 12.1. The normalized spacial score (nSPS) is 10.8. The molecule has 0 bridgehead atoms. The van der Waals surface area contributed by atoms with Crippen LogP contribution in [0.4, 0.5) is 4.39 Å². The maximum Gasteiger partial charge on any atom is 1.00 e. The third kappa shape index (κ3) is 4.30. The van der Waals surface area contributed by atoms with Gasteiger partial charge in [0.05, 0.1) is 0 Å². The maximum absolute atomic E-state index is 12.1. The molecule has 0 heterocycles. The fraction of sp³-hybridized carbons (Fsp3) is 0. The number of hydrogen-bond donors (Lipinski definition) is 0. The first kappa shape index (κ1) is 14.7. The molecule has 3 nitrogen and oxygen atoms in total. The van der Waals surface area contributed by atoms with Crippen LogP contribution in [0, 0.1) is 5.82 Å². The molecule has 0 spiro atoms. The molecule has 62 valence electrons. The van der Waals surface area contributed by atoms with Gasteiger partial charge in [-0.05, 0) is 35.3 Å². The molecule has 0 fully saturated rings. The van der Waals surface area contributed by atoms with Crippen molar-refractivity contribution in [3.63, 3.8) is 0 Å². The van der Waals surface area contributed by atoms with Crippen molar-refractivity contribution in [2.45, 2.75) is 4.90 Å². The van der Waals surface area contributed by atoms with Crippen LogP contribution >= 0.6 is 0 Å². The Morgan fingerprint density at radius 1 is 1.25 bits per heavy atom. The Hall–Kier alpha value is 0.220. The first-order chi connectivity index (χ1) is 4.70. The van der Waals surface area contributed by atoms with Gasteiger partial charge in [-0.2, -0.15) is 0 Å². The Balaban J connectivity index is 0. The van der Waals surface area contributed by atoms with E-state index in [2.05, 4.69) is 0 Å². The topological polar surface area (TPSA) is 71.6 Å². The van der Waals surface area contributed by atoms with Crippen molar-refractivity contribution < 1.29 is 48.2 Å². The molecule has 0 amide bonds. The van der Waals surface area contributed by atoms with Gasteiger partial charge in [-0.1, -0.05) is 0 Å². The van der Waals surface area contributed by atoms with Gasteiger partial charge < -0.3 is 10.0 Å². The summed E-state index contributed by atoms with van der Waals surface area (Å²) in [6, 6.07) is 4.62. The summed E-state index contributed by atoms with van der Waals surface area (Å²) in [5.41, 5.74) is 0. The minimum Gasteiger partial charge on any atom is -0.768 e. The monoisotopic (exact) mass is 200 g/mol. The Bertz CT molecular complexity index is 251. The zero-order valence-electron chi connectivity index (χ0n) is 6.41. The molecule has 0 aliphatic carbocycles. The van der Waals surface area contributed by atoms with Crippen LogP contribution in [0.2, 0.25) is 0 Å². The molecule has 0 saturated heterocycles. The molecule has 1 aromatic carbocycles. The quantitative estimate of drug-likeness (QED) is 0.364. The van der Waals surface area contributed by atoms with E-state index in [1.54, 1.807) is 0 Å². The second-order valence-corrected chi connectivity index (χ2v) is 2.63. The summed E-state index contributed by atoms with van der Waals surface area (Å²) in [7, 11) is 0. The molecule has 6 heteroatoms. The summed E-state index contributed by atoms with van der Waals surface area (Å²) in [5.74, 6) is -0.436. The average molecular weight is 200 g/mol. The summed E-state index contributed by atoms with van der Waals surface area (Å²) < 4.78 is 32.5. The van der Waals surface area contributed by atoms with Crippen molar-refractivity contribution >= 4 is 11.1 Å². The van der Waals surface area contributed by atoms with Crippen LogP contribution in [0.25, 0.3) is 0 Å². The van der Waals surface area contributed by atoms with E-state index in [9.17, 15) is 13.2 Å². The van der Waals surface area contributed by atoms with Crippen molar-refractivity contribution in [3.8, 4) is 0 Å². The molecule has 0 aliphatic rings. The summed E-state index contributed by atoms with van der Waals surface area (Å²) in [5, 5.41) is 0.